The number of hydrogen-bond donors (Lipinski definition) is 1. The minimum Gasteiger partial charge on any atom is -0.459 e. The summed E-state index contributed by atoms with van der Waals surface area (Å²) in [6.07, 6.45) is 2.86. The number of amides is 2. The molecule has 140 valence electrons. The molecule has 3 aromatic rings. The molecule has 3 heterocycles. The first-order chi connectivity index (χ1) is 13.0. The van der Waals surface area contributed by atoms with E-state index < -0.39 is 0 Å². The van der Waals surface area contributed by atoms with Crippen molar-refractivity contribution in [3.63, 3.8) is 0 Å². The van der Waals surface area contributed by atoms with Crippen LogP contribution in [0.2, 0.25) is 5.02 Å². The average molecular weight is 387 g/mol. The number of furan rings is 2. The molecule has 0 spiro atoms. The molecule has 1 fully saturated rings. The summed E-state index contributed by atoms with van der Waals surface area (Å²) < 4.78 is 10.9. The number of nitrogens with one attached hydrogen (secondary N) is 1. The average Bonchev–Trinajstić information content (AvgIpc) is 3.31. The number of carbonyl (C=O) groups excluding carboxylic acids is 2. The molecule has 2 amide bonds. The predicted molar refractivity (Wildman–Crippen MR) is 101 cm³/mol. The van der Waals surface area contributed by atoms with Gasteiger partial charge in [-0.15, -0.1) is 0 Å². The molecule has 2 aromatic heterocycles. The van der Waals surface area contributed by atoms with Crippen molar-refractivity contribution in [3.8, 4) is 0 Å². The van der Waals surface area contributed by atoms with Gasteiger partial charge in [0.1, 0.15) is 5.58 Å². The first-order valence-electron chi connectivity index (χ1n) is 8.85. The molecule has 6 nitrogen and oxygen atoms in total. The number of carbonyl (C=O) groups is 2. The third-order valence-electron chi connectivity index (χ3n) is 4.95. The van der Waals surface area contributed by atoms with Crippen molar-refractivity contribution >= 4 is 34.4 Å². The number of benzene rings is 1. The molecule has 0 aliphatic carbocycles. The summed E-state index contributed by atoms with van der Waals surface area (Å²) >= 11 is 6.03. The second-order valence-corrected chi connectivity index (χ2v) is 7.15. The van der Waals surface area contributed by atoms with Gasteiger partial charge in [0.05, 0.1) is 6.26 Å². The molecular formula is C20H19ClN2O4. The van der Waals surface area contributed by atoms with Crippen LogP contribution in [0.3, 0.4) is 0 Å². The van der Waals surface area contributed by atoms with Crippen LogP contribution in [0.5, 0.6) is 0 Å². The number of aryl methyl sites for hydroxylation is 1. The third-order valence-corrected chi connectivity index (χ3v) is 5.19. The Morgan fingerprint density at radius 2 is 2.00 bits per heavy atom. The van der Waals surface area contributed by atoms with Gasteiger partial charge in [-0.1, -0.05) is 11.6 Å². The largest absolute Gasteiger partial charge is 0.459 e. The fourth-order valence-electron chi connectivity index (χ4n) is 3.44. The smallest absolute Gasteiger partial charge is 0.289 e. The van der Waals surface area contributed by atoms with Crippen LogP contribution in [0.25, 0.3) is 11.0 Å². The minimum absolute atomic E-state index is 0.00523. The van der Waals surface area contributed by atoms with Crippen LogP contribution in [0.4, 0.5) is 0 Å². The molecule has 7 heteroatoms. The van der Waals surface area contributed by atoms with Gasteiger partial charge >= 0.3 is 0 Å². The van der Waals surface area contributed by atoms with E-state index in [0.717, 1.165) is 10.9 Å². The highest BCUT2D eigenvalue weighted by Crippen LogP contribution is 2.28. The first-order valence-corrected chi connectivity index (χ1v) is 9.23. The van der Waals surface area contributed by atoms with E-state index in [0.29, 0.717) is 48.1 Å². The van der Waals surface area contributed by atoms with E-state index in [-0.39, 0.29) is 17.9 Å². The van der Waals surface area contributed by atoms with Crippen molar-refractivity contribution in [1.29, 1.82) is 0 Å². The molecule has 0 unspecified atom stereocenters. The van der Waals surface area contributed by atoms with E-state index in [1.807, 2.05) is 6.92 Å². The summed E-state index contributed by atoms with van der Waals surface area (Å²) in [6.45, 7) is 2.99. The lowest BCUT2D eigenvalue weighted by Gasteiger charge is -2.31. The van der Waals surface area contributed by atoms with Gasteiger partial charge in [0, 0.05) is 35.1 Å². The van der Waals surface area contributed by atoms with Gasteiger partial charge in [0.2, 0.25) is 0 Å². The maximum absolute atomic E-state index is 12.7. The van der Waals surface area contributed by atoms with E-state index in [4.69, 9.17) is 20.4 Å². The Labute approximate surface area is 161 Å². The fourth-order valence-corrected chi connectivity index (χ4v) is 3.62. The molecule has 1 saturated heterocycles. The highest BCUT2D eigenvalue weighted by molar-refractivity contribution is 6.31. The molecule has 0 radical (unpaired) electrons. The second-order valence-electron chi connectivity index (χ2n) is 6.71. The van der Waals surface area contributed by atoms with Gasteiger partial charge in [-0.05, 0) is 50.1 Å². The molecular weight excluding hydrogens is 368 g/mol. The highest BCUT2D eigenvalue weighted by atomic mass is 35.5. The Morgan fingerprint density at radius 3 is 2.70 bits per heavy atom. The van der Waals surface area contributed by atoms with Crippen LogP contribution in [0.1, 0.15) is 39.5 Å². The summed E-state index contributed by atoms with van der Waals surface area (Å²) in [5.74, 6) is 0.292. The Bertz CT molecular complexity index is 985. The van der Waals surface area contributed by atoms with Crippen LogP contribution in [-0.4, -0.2) is 35.8 Å². The molecule has 0 bridgehead atoms. The predicted octanol–water partition coefficient (Wildman–Crippen LogP) is 4.02. The number of nitrogens with zero attached hydrogens (tertiary/aromatic N) is 1. The zero-order valence-corrected chi connectivity index (χ0v) is 15.6. The number of fused-ring (bicyclic) bond motifs is 1. The van der Waals surface area contributed by atoms with E-state index in [1.165, 1.54) is 6.26 Å². The van der Waals surface area contributed by atoms with Crippen LogP contribution < -0.4 is 5.32 Å². The lowest BCUT2D eigenvalue weighted by Crippen LogP contribution is -2.46. The molecule has 0 atom stereocenters. The number of rotatable bonds is 3. The number of piperidine rings is 1. The van der Waals surface area contributed by atoms with Crippen LogP contribution >= 0.6 is 11.6 Å². The summed E-state index contributed by atoms with van der Waals surface area (Å²) in [7, 11) is 0. The third kappa shape index (κ3) is 3.45. The van der Waals surface area contributed by atoms with Crippen molar-refractivity contribution in [2.24, 2.45) is 0 Å². The quantitative estimate of drug-likeness (QED) is 0.737. The SMILES string of the molecule is Cc1c(C(=O)NC2CCN(C(=O)c3ccco3)CC2)oc2ccc(Cl)cc12. The maximum atomic E-state index is 12.7. The van der Waals surface area contributed by atoms with E-state index in [9.17, 15) is 9.59 Å². The van der Waals surface area contributed by atoms with E-state index in [2.05, 4.69) is 5.32 Å². The number of hydrogen-bond acceptors (Lipinski definition) is 4. The Hall–Kier alpha value is -2.73. The Kier molecular flexibility index (Phi) is 4.66. The highest BCUT2D eigenvalue weighted by Gasteiger charge is 2.27. The summed E-state index contributed by atoms with van der Waals surface area (Å²) in [5.41, 5.74) is 1.41. The molecule has 1 aliphatic heterocycles. The van der Waals surface area contributed by atoms with Crippen LogP contribution in [0.15, 0.2) is 45.4 Å². The molecule has 27 heavy (non-hydrogen) atoms. The van der Waals surface area contributed by atoms with Gasteiger partial charge in [-0.2, -0.15) is 0 Å². The molecule has 1 N–H and O–H groups in total. The maximum Gasteiger partial charge on any atom is 0.289 e. The standard InChI is InChI=1S/C20H19ClN2O4/c1-12-15-11-13(21)4-5-16(15)27-18(12)19(24)22-14-6-8-23(9-7-14)20(25)17-3-2-10-26-17/h2-5,10-11,14H,6-9H2,1H3,(H,22,24). The minimum atomic E-state index is -0.240. The molecule has 1 aliphatic rings. The van der Waals surface area contributed by atoms with Crippen molar-refractivity contribution < 1.29 is 18.4 Å². The second kappa shape index (κ2) is 7.12. The Morgan fingerprint density at radius 1 is 1.22 bits per heavy atom. The van der Waals surface area contributed by atoms with Crippen molar-refractivity contribution in [2.75, 3.05) is 13.1 Å². The summed E-state index contributed by atoms with van der Waals surface area (Å²) in [5, 5.41) is 4.46. The number of halogens is 1. The topological polar surface area (TPSA) is 75.7 Å². The van der Waals surface area contributed by atoms with Crippen molar-refractivity contribution in [1.82, 2.24) is 10.2 Å². The lowest BCUT2D eigenvalue weighted by atomic mass is 10.0. The molecule has 0 saturated carbocycles. The zero-order valence-electron chi connectivity index (χ0n) is 14.8. The normalized spacial score (nSPS) is 15.3. The monoisotopic (exact) mass is 386 g/mol. The Balaban J connectivity index is 1.40. The van der Waals surface area contributed by atoms with Gasteiger partial charge in [-0.3, -0.25) is 9.59 Å². The summed E-state index contributed by atoms with van der Waals surface area (Å²) in [6, 6.07) is 8.65. The van der Waals surface area contributed by atoms with E-state index in [1.54, 1.807) is 35.2 Å². The molecule has 4 rings (SSSR count). The van der Waals surface area contributed by atoms with Gasteiger partial charge in [-0.25, -0.2) is 0 Å². The van der Waals surface area contributed by atoms with Crippen LogP contribution in [0, 0.1) is 6.92 Å². The van der Waals surface area contributed by atoms with Crippen LogP contribution in [-0.2, 0) is 0 Å². The lowest BCUT2D eigenvalue weighted by molar-refractivity contribution is 0.0665. The van der Waals surface area contributed by atoms with Gasteiger partial charge in [0.25, 0.3) is 11.8 Å². The van der Waals surface area contributed by atoms with E-state index >= 15 is 0 Å². The number of likely N-dealkylation sites (tertiary alicyclic amines) is 1. The van der Waals surface area contributed by atoms with Gasteiger partial charge in [0.15, 0.2) is 11.5 Å². The fraction of sp³-hybridized carbons (Fsp3) is 0.300. The zero-order chi connectivity index (χ0) is 19.0. The molecule has 1 aromatic carbocycles. The summed E-state index contributed by atoms with van der Waals surface area (Å²) in [4.78, 5) is 26.7. The van der Waals surface area contributed by atoms with Crippen molar-refractivity contribution in [2.45, 2.75) is 25.8 Å². The van der Waals surface area contributed by atoms with Crippen molar-refractivity contribution in [3.05, 3.63) is 58.7 Å². The first kappa shape index (κ1) is 17.7. The van der Waals surface area contributed by atoms with Gasteiger partial charge < -0.3 is 19.1 Å².